The molecule has 0 saturated carbocycles. The molecule has 2 nitrogen and oxygen atoms in total. The van der Waals surface area contributed by atoms with E-state index >= 15 is 0 Å². The van der Waals surface area contributed by atoms with Gasteiger partial charge >= 0.3 is 0 Å². The molecule has 0 aliphatic carbocycles. The van der Waals surface area contributed by atoms with Gasteiger partial charge in [0.05, 0.1) is 12.8 Å². The van der Waals surface area contributed by atoms with E-state index in [-0.39, 0.29) is 12.4 Å². The van der Waals surface area contributed by atoms with Crippen LogP contribution in [0.5, 0.6) is 5.75 Å². The summed E-state index contributed by atoms with van der Waals surface area (Å²) < 4.78 is 5.11. The Kier molecular flexibility index (Phi) is 4.20. The minimum Gasteiger partial charge on any atom is -0.495 e. The van der Waals surface area contributed by atoms with Gasteiger partial charge in [-0.1, -0.05) is 36.4 Å². The number of ether oxygens (including phenoxy) is 1. The molecule has 0 atom stereocenters. The Labute approximate surface area is 101 Å². The van der Waals surface area contributed by atoms with Crippen LogP contribution >= 0.6 is 12.4 Å². The van der Waals surface area contributed by atoms with E-state index < -0.39 is 0 Å². The zero-order valence-corrected chi connectivity index (χ0v) is 9.83. The average molecular weight is 236 g/mol. The zero-order chi connectivity index (χ0) is 10.7. The molecule has 3 heteroatoms. The highest BCUT2D eigenvalue weighted by atomic mass is 35.5. The standard InChI is InChI=1S/C13H13NO.ClH/c1-15-13-8-7-11(9-12(13)14)10-5-3-2-4-6-10;/h2-9H,14H2,1H3;1H. The highest BCUT2D eigenvalue weighted by molar-refractivity contribution is 5.85. The van der Waals surface area contributed by atoms with Crippen molar-refractivity contribution >= 4 is 18.1 Å². The van der Waals surface area contributed by atoms with Crippen molar-refractivity contribution in [1.82, 2.24) is 0 Å². The molecule has 16 heavy (non-hydrogen) atoms. The number of anilines is 1. The third-order valence-corrected chi connectivity index (χ3v) is 2.34. The molecule has 0 amide bonds. The lowest BCUT2D eigenvalue weighted by Gasteiger charge is -2.07. The first-order valence-electron chi connectivity index (χ1n) is 4.80. The zero-order valence-electron chi connectivity index (χ0n) is 9.01. The van der Waals surface area contributed by atoms with E-state index in [1.807, 2.05) is 36.4 Å². The summed E-state index contributed by atoms with van der Waals surface area (Å²) in [6.07, 6.45) is 0. The predicted molar refractivity (Wildman–Crippen MR) is 70.1 cm³/mol. The van der Waals surface area contributed by atoms with Crippen LogP contribution in [-0.2, 0) is 0 Å². The van der Waals surface area contributed by atoms with Crippen molar-refractivity contribution in [2.45, 2.75) is 0 Å². The van der Waals surface area contributed by atoms with E-state index in [2.05, 4.69) is 12.1 Å². The highest BCUT2D eigenvalue weighted by Gasteiger charge is 2.01. The van der Waals surface area contributed by atoms with Gasteiger partial charge in [0.15, 0.2) is 0 Å². The topological polar surface area (TPSA) is 35.2 Å². The van der Waals surface area contributed by atoms with Gasteiger partial charge < -0.3 is 10.5 Å². The van der Waals surface area contributed by atoms with E-state index in [1.54, 1.807) is 7.11 Å². The van der Waals surface area contributed by atoms with Crippen LogP contribution in [0, 0.1) is 0 Å². The van der Waals surface area contributed by atoms with Crippen LogP contribution in [0.2, 0.25) is 0 Å². The van der Waals surface area contributed by atoms with Crippen molar-refractivity contribution in [2.24, 2.45) is 0 Å². The minimum absolute atomic E-state index is 0. The summed E-state index contributed by atoms with van der Waals surface area (Å²) in [6, 6.07) is 15.9. The Morgan fingerprint density at radius 3 is 2.19 bits per heavy atom. The van der Waals surface area contributed by atoms with Gasteiger partial charge in [0.2, 0.25) is 0 Å². The second kappa shape index (κ2) is 5.42. The monoisotopic (exact) mass is 235 g/mol. The molecule has 2 rings (SSSR count). The summed E-state index contributed by atoms with van der Waals surface area (Å²) in [7, 11) is 1.62. The van der Waals surface area contributed by atoms with Crippen molar-refractivity contribution in [3.8, 4) is 16.9 Å². The Balaban J connectivity index is 0.00000128. The van der Waals surface area contributed by atoms with Gasteiger partial charge in [-0.05, 0) is 23.3 Å². The maximum absolute atomic E-state index is 5.84. The molecule has 2 aromatic rings. The molecule has 0 aliphatic rings. The highest BCUT2D eigenvalue weighted by Crippen LogP contribution is 2.27. The Morgan fingerprint density at radius 2 is 1.62 bits per heavy atom. The Bertz CT molecular complexity index is 457. The normalized spacial score (nSPS) is 9.31. The van der Waals surface area contributed by atoms with Gasteiger partial charge in [-0.3, -0.25) is 0 Å². The van der Waals surface area contributed by atoms with Gasteiger partial charge in [-0.25, -0.2) is 0 Å². The van der Waals surface area contributed by atoms with E-state index in [0.717, 1.165) is 16.9 Å². The maximum Gasteiger partial charge on any atom is 0.141 e. The lowest BCUT2D eigenvalue weighted by molar-refractivity contribution is 0.417. The van der Waals surface area contributed by atoms with Crippen molar-refractivity contribution in [3.63, 3.8) is 0 Å². The summed E-state index contributed by atoms with van der Waals surface area (Å²) in [5.41, 5.74) is 8.77. The number of methoxy groups -OCH3 is 1. The number of hydrogen-bond acceptors (Lipinski definition) is 2. The summed E-state index contributed by atoms with van der Waals surface area (Å²) in [5, 5.41) is 0. The van der Waals surface area contributed by atoms with Crippen LogP contribution < -0.4 is 10.5 Å². The number of rotatable bonds is 2. The van der Waals surface area contributed by atoms with Crippen LogP contribution in [0.25, 0.3) is 11.1 Å². The molecule has 0 bridgehead atoms. The van der Waals surface area contributed by atoms with E-state index in [4.69, 9.17) is 10.5 Å². The number of hydrogen-bond donors (Lipinski definition) is 1. The molecule has 2 N–H and O–H groups in total. The van der Waals surface area contributed by atoms with Crippen LogP contribution in [0.15, 0.2) is 48.5 Å². The van der Waals surface area contributed by atoms with Gasteiger partial charge in [0.1, 0.15) is 5.75 Å². The van der Waals surface area contributed by atoms with Crippen LogP contribution in [0.1, 0.15) is 0 Å². The molecule has 0 unspecified atom stereocenters. The minimum atomic E-state index is 0. The van der Waals surface area contributed by atoms with Crippen molar-refractivity contribution in [3.05, 3.63) is 48.5 Å². The van der Waals surface area contributed by atoms with Gasteiger partial charge in [0, 0.05) is 0 Å². The van der Waals surface area contributed by atoms with Crippen LogP contribution in [0.3, 0.4) is 0 Å². The summed E-state index contributed by atoms with van der Waals surface area (Å²) in [6.45, 7) is 0. The number of nitrogen functional groups attached to an aromatic ring is 1. The first-order chi connectivity index (χ1) is 7.31. The second-order valence-corrected chi connectivity index (χ2v) is 3.32. The molecule has 0 aromatic heterocycles. The van der Waals surface area contributed by atoms with E-state index in [1.165, 1.54) is 0 Å². The molecule has 84 valence electrons. The molecule has 0 aliphatic heterocycles. The third-order valence-electron chi connectivity index (χ3n) is 2.34. The fourth-order valence-electron chi connectivity index (χ4n) is 1.54. The SMILES string of the molecule is COc1ccc(-c2ccccc2)cc1N.Cl. The van der Waals surface area contributed by atoms with E-state index in [9.17, 15) is 0 Å². The van der Waals surface area contributed by atoms with Crippen molar-refractivity contribution in [2.75, 3.05) is 12.8 Å². The summed E-state index contributed by atoms with van der Waals surface area (Å²) >= 11 is 0. The maximum atomic E-state index is 5.84. The van der Waals surface area contributed by atoms with Gasteiger partial charge in [-0.15, -0.1) is 12.4 Å². The number of benzene rings is 2. The quantitative estimate of drug-likeness (QED) is 0.810. The van der Waals surface area contributed by atoms with Crippen LogP contribution in [-0.4, -0.2) is 7.11 Å². The Hall–Kier alpha value is -1.67. The predicted octanol–water partition coefficient (Wildman–Crippen LogP) is 3.37. The second-order valence-electron chi connectivity index (χ2n) is 3.32. The molecule has 0 fully saturated rings. The summed E-state index contributed by atoms with van der Waals surface area (Å²) in [5.74, 6) is 0.717. The van der Waals surface area contributed by atoms with Gasteiger partial charge in [-0.2, -0.15) is 0 Å². The molecule has 0 spiro atoms. The van der Waals surface area contributed by atoms with Gasteiger partial charge in [0.25, 0.3) is 0 Å². The molecule has 0 saturated heterocycles. The number of nitrogens with two attached hydrogens (primary N) is 1. The molecule has 2 aromatic carbocycles. The molecule has 0 radical (unpaired) electrons. The van der Waals surface area contributed by atoms with E-state index in [0.29, 0.717) is 5.69 Å². The molecule has 0 heterocycles. The first kappa shape index (κ1) is 12.4. The average Bonchev–Trinajstić information content (AvgIpc) is 2.30. The molecular formula is C13H14ClNO. The summed E-state index contributed by atoms with van der Waals surface area (Å²) in [4.78, 5) is 0. The smallest absolute Gasteiger partial charge is 0.141 e. The Morgan fingerprint density at radius 1 is 0.938 bits per heavy atom. The largest absolute Gasteiger partial charge is 0.495 e. The molecular weight excluding hydrogens is 222 g/mol. The van der Waals surface area contributed by atoms with Crippen molar-refractivity contribution < 1.29 is 4.74 Å². The fourth-order valence-corrected chi connectivity index (χ4v) is 1.54. The fraction of sp³-hybridized carbons (Fsp3) is 0.0769. The first-order valence-corrected chi connectivity index (χ1v) is 4.80. The van der Waals surface area contributed by atoms with Crippen molar-refractivity contribution in [1.29, 1.82) is 0 Å². The van der Waals surface area contributed by atoms with Crippen LogP contribution in [0.4, 0.5) is 5.69 Å². The lowest BCUT2D eigenvalue weighted by atomic mass is 10.1. The lowest BCUT2D eigenvalue weighted by Crippen LogP contribution is -1.92. The number of halogens is 1. The third kappa shape index (κ3) is 2.47.